The number of amides is 2. The van der Waals surface area contributed by atoms with Gasteiger partial charge >= 0.3 is 0 Å². The zero-order valence-corrected chi connectivity index (χ0v) is 17.2. The van der Waals surface area contributed by atoms with Crippen molar-refractivity contribution in [2.45, 2.75) is 57.2 Å². The van der Waals surface area contributed by atoms with Crippen molar-refractivity contribution in [2.75, 3.05) is 32.8 Å². The number of carbonyl (C=O) groups excluding carboxylic acids is 2. The van der Waals surface area contributed by atoms with Gasteiger partial charge in [0.2, 0.25) is 11.8 Å². The van der Waals surface area contributed by atoms with Gasteiger partial charge in [-0.3, -0.25) is 14.5 Å². The first-order valence-electron chi connectivity index (χ1n) is 11.2. The highest BCUT2D eigenvalue weighted by Gasteiger charge is 2.33. The molecule has 29 heavy (non-hydrogen) atoms. The molecule has 158 valence electrons. The third kappa shape index (κ3) is 5.37. The van der Waals surface area contributed by atoms with Crippen LogP contribution in [-0.4, -0.2) is 66.5 Å². The van der Waals surface area contributed by atoms with Gasteiger partial charge in [0.1, 0.15) is 6.10 Å². The Hall–Kier alpha value is -1.92. The molecule has 3 fully saturated rings. The van der Waals surface area contributed by atoms with Crippen molar-refractivity contribution in [3.8, 4) is 0 Å². The predicted molar refractivity (Wildman–Crippen MR) is 111 cm³/mol. The van der Waals surface area contributed by atoms with E-state index in [1.165, 1.54) is 5.56 Å². The van der Waals surface area contributed by atoms with E-state index in [-0.39, 0.29) is 24.0 Å². The Labute approximate surface area is 173 Å². The molecule has 2 aliphatic heterocycles. The standard InChI is InChI=1S/C23H33N3O3/c27-22(21-7-4-16-29-21)24-20-10-8-19(9-11-20)23(28)26-14-12-25(13-15-26)17-18-5-2-1-3-6-18/h1-3,5-6,19-21H,4,7-17H2,(H,24,27)/t19?,20?,21-/m1/s1. The van der Waals surface area contributed by atoms with Crippen LogP contribution in [0.3, 0.4) is 0 Å². The van der Waals surface area contributed by atoms with Crippen molar-refractivity contribution in [2.24, 2.45) is 5.92 Å². The van der Waals surface area contributed by atoms with Crippen LogP contribution in [0.15, 0.2) is 30.3 Å². The van der Waals surface area contributed by atoms with Gasteiger partial charge in [-0.05, 0) is 44.1 Å². The fourth-order valence-electron chi connectivity index (χ4n) is 4.79. The van der Waals surface area contributed by atoms with Crippen LogP contribution >= 0.6 is 0 Å². The van der Waals surface area contributed by atoms with Crippen LogP contribution in [0.4, 0.5) is 0 Å². The van der Waals surface area contributed by atoms with E-state index < -0.39 is 0 Å². The number of nitrogens with zero attached hydrogens (tertiary/aromatic N) is 2. The van der Waals surface area contributed by atoms with E-state index in [0.717, 1.165) is 71.2 Å². The first-order valence-corrected chi connectivity index (χ1v) is 11.2. The van der Waals surface area contributed by atoms with Crippen LogP contribution in [0.25, 0.3) is 0 Å². The summed E-state index contributed by atoms with van der Waals surface area (Å²) in [5, 5.41) is 3.13. The molecule has 1 saturated carbocycles. The molecule has 0 spiro atoms. The molecule has 6 heteroatoms. The van der Waals surface area contributed by atoms with Crippen LogP contribution < -0.4 is 5.32 Å². The molecule has 0 bridgehead atoms. The van der Waals surface area contributed by atoms with Crippen LogP contribution in [0.5, 0.6) is 0 Å². The number of carbonyl (C=O) groups is 2. The van der Waals surface area contributed by atoms with Crippen molar-refractivity contribution in [3.63, 3.8) is 0 Å². The van der Waals surface area contributed by atoms with Crippen molar-refractivity contribution in [1.82, 2.24) is 15.1 Å². The summed E-state index contributed by atoms with van der Waals surface area (Å²) in [6.45, 7) is 5.17. The van der Waals surface area contributed by atoms with Gasteiger partial charge in [-0.2, -0.15) is 0 Å². The Kier molecular flexibility index (Phi) is 6.82. The minimum absolute atomic E-state index is 0.0341. The lowest BCUT2D eigenvalue weighted by molar-refractivity contribution is -0.138. The number of nitrogens with one attached hydrogen (secondary N) is 1. The molecule has 6 nitrogen and oxygen atoms in total. The number of ether oxygens (including phenoxy) is 1. The minimum atomic E-state index is -0.262. The van der Waals surface area contributed by atoms with E-state index in [2.05, 4.69) is 39.4 Å². The molecule has 0 aromatic heterocycles. The highest BCUT2D eigenvalue weighted by molar-refractivity contribution is 5.81. The van der Waals surface area contributed by atoms with Crippen LogP contribution in [0, 0.1) is 5.92 Å². The molecule has 4 rings (SSSR count). The first kappa shape index (κ1) is 20.4. The van der Waals surface area contributed by atoms with E-state index in [0.29, 0.717) is 12.5 Å². The minimum Gasteiger partial charge on any atom is -0.368 e. The van der Waals surface area contributed by atoms with E-state index >= 15 is 0 Å². The van der Waals surface area contributed by atoms with Gasteiger partial charge in [-0.25, -0.2) is 0 Å². The second-order valence-electron chi connectivity index (χ2n) is 8.65. The van der Waals surface area contributed by atoms with Crippen molar-refractivity contribution in [1.29, 1.82) is 0 Å². The molecule has 1 atom stereocenters. The number of hydrogen-bond acceptors (Lipinski definition) is 4. The highest BCUT2D eigenvalue weighted by Crippen LogP contribution is 2.27. The topological polar surface area (TPSA) is 61.9 Å². The molecule has 2 heterocycles. The molecule has 0 radical (unpaired) electrons. The zero-order chi connectivity index (χ0) is 20.1. The Morgan fingerprint density at radius 2 is 1.69 bits per heavy atom. The van der Waals surface area contributed by atoms with E-state index in [4.69, 9.17) is 4.74 Å². The van der Waals surface area contributed by atoms with Crippen LogP contribution in [0.1, 0.15) is 44.1 Å². The van der Waals surface area contributed by atoms with E-state index in [1.807, 2.05) is 6.07 Å². The molecule has 2 amide bonds. The summed E-state index contributed by atoms with van der Waals surface area (Å²) in [4.78, 5) is 29.7. The molecule has 1 aromatic carbocycles. The Morgan fingerprint density at radius 1 is 0.966 bits per heavy atom. The predicted octanol–water partition coefficient (Wildman–Crippen LogP) is 2.18. The van der Waals surface area contributed by atoms with Gasteiger partial charge in [0.05, 0.1) is 0 Å². The Morgan fingerprint density at radius 3 is 2.34 bits per heavy atom. The SMILES string of the molecule is O=C(NC1CCC(C(=O)N2CCN(Cc3ccccc3)CC2)CC1)[C@H]1CCCO1. The third-order valence-electron chi connectivity index (χ3n) is 6.58. The van der Waals surface area contributed by atoms with Gasteiger partial charge in [0.25, 0.3) is 0 Å². The maximum absolute atomic E-state index is 13.0. The summed E-state index contributed by atoms with van der Waals surface area (Å²) in [6.07, 6.45) is 5.07. The number of benzene rings is 1. The lowest BCUT2D eigenvalue weighted by atomic mass is 9.85. The summed E-state index contributed by atoms with van der Waals surface area (Å²) in [5.74, 6) is 0.464. The summed E-state index contributed by atoms with van der Waals surface area (Å²) < 4.78 is 5.46. The first-order chi connectivity index (χ1) is 14.2. The van der Waals surface area contributed by atoms with Gasteiger partial charge in [-0.1, -0.05) is 30.3 Å². The highest BCUT2D eigenvalue weighted by atomic mass is 16.5. The van der Waals surface area contributed by atoms with Crippen LogP contribution in [0.2, 0.25) is 0 Å². The lowest BCUT2D eigenvalue weighted by Gasteiger charge is -2.38. The second-order valence-corrected chi connectivity index (χ2v) is 8.65. The average Bonchev–Trinajstić information content (AvgIpc) is 3.30. The molecule has 3 aliphatic rings. The molecular weight excluding hydrogens is 366 g/mol. The molecular formula is C23H33N3O3. The van der Waals surface area contributed by atoms with Crippen molar-refractivity contribution < 1.29 is 14.3 Å². The van der Waals surface area contributed by atoms with Gasteiger partial charge in [-0.15, -0.1) is 0 Å². The monoisotopic (exact) mass is 399 g/mol. The number of piperazine rings is 1. The summed E-state index contributed by atoms with van der Waals surface area (Å²) in [7, 11) is 0. The summed E-state index contributed by atoms with van der Waals surface area (Å²) >= 11 is 0. The maximum atomic E-state index is 13.0. The quantitative estimate of drug-likeness (QED) is 0.825. The molecule has 0 unspecified atom stereocenters. The average molecular weight is 400 g/mol. The smallest absolute Gasteiger partial charge is 0.249 e. The van der Waals surface area contributed by atoms with Gasteiger partial charge in [0, 0.05) is 51.3 Å². The molecule has 2 saturated heterocycles. The second kappa shape index (κ2) is 9.72. The third-order valence-corrected chi connectivity index (χ3v) is 6.58. The fourth-order valence-corrected chi connectivity index (χ4v) is 4.79. The molecule has 1 aliphatic carbocycles. The number of rotatable bonds is 5. The van der Waals surface area contributed by atoms with Gasteiger partial charge in [0.15, 0.2) is 0 Å². The summed E-state index contributed by atoms with van der Waals surface area (Å²) in [6, 6.07) is 10.7. The summed E-state index contributed by atoms with van der Waals surface area (Å²) in [5.41, 5.74) is 1.33. The van der Waals surface area contributed by atoms with E-state index in [9.17, 15) is 9.59 Å². The van der Waals surface area contributed by atoms with Gasteiger partial charge < -0.3 is 15.0 Å². The van der Waals surface area contributed by atoms with Crippen molar-refractivity contribution in [3.05, 3.63) is 35.9 Å². The Bertz CT molecular complexity index is 674. The molecule has 1 N–H and O–H groups in total. The largest absolute Gasteiger partial charge is 0.368 e. The van der Waals surface area contributed by atoms with E-state index in [1.54, 1.807) is 0 Å². The normalized spacial score (nSPS) is 28.3. The zero-order valence-electron chi connectivity index (χ0n) is 17.2. The molecule has 1 aromatic rings. The lowest BCUT2D eigenvalue weighted by Crippen LogP contribution is -2.51. The fraction of sp³-hybridized carbons (Fsp3) is 0.652. The van der Waals surface area contributed by atoms with Crippen LogP contribution in [-0.2, 0) is 20.9 Å². The maximum Gasteiger partial charge on any atom is 0.249 e. The number of hydrogen-bond donors (Lipinski definition) is 1. The van der Waals surface area contributed by atoms with Crippen molar-refractivity contribution >= 4 is 11.8 Å². The Balaban J connectivity index is 1.18.